The summed E-state index contributed by atoms with van der Waals surface area (Å²) < 4.78 is 40.0. The highest BCUT2D eigenvalue weighted by Crippen LogP contribution is 2.24. The molecule has 0 aliphatic carbocycles. The van der Waals surface area contributed by atoms with E-state index < -0.39 is 12.3 Å². The maximum atomic E-state index is 12.1. The monoisotopic (exact) mass is 369 g/mol. The van der Waals surface area contributed by atoms with E-state index in [0.717, 1.165) is 21.8 Å². The number of hydrogen-bond donors (Lipinski definition) is 1. The van der Waals surface area contributed by atoms with E-state index in [-0.39, 0.29) is 12.3 Å². The second-order valence-electron chi connectivity index (χ2n) is 4.74. The minimum atomic E-state index is -4.76. The molecule has 3 rings (SSSR count). The Labute approximate surface area is 143 Å². The van der Waals surface area contributed by atoms with Gasteiger partial charge in [-0.15, -0.1) is 34.7 Å². The predicted molar refractivity (Wildman–Crippen MR) is 82.9 cm³/mol. The van der Waals surface area contributed by atoms with Gasteiger partial charge < -0.3 is 10.1 Å². The van der Waals surface area contributed by atoms with Gasteiger partial charge in [0.1, 0.15) is 12.3 Å². The SMILES string of the molecule is O=C(Cn1nnc(-c2cccs2)n1)Nc1ccc(OC(F)(F)F)cc1. The summed E-state index contributed by atoms with van der Waals surface area (Å²) in [7, 11) is 0. The van der Waals surface area contributed by atoms with Gasteiger partial charge in [0, 0.05) is 5.69 Å². The number of rotatable bonds is 5. The van der Waals surface area contributed by atoms with Crippen LogP contribution in [0.15, 0.2) is 41.8 Å². The summed E-state index contributed by atoms with van der Waals surface area (Å²) in [4.78, 5) is 13.9. The summed E-state index contributed by atoms with van der Waals surface area (Å²) in [6.07, 6.45) is -4.76. The zero-order valence-electron chi connectivity index (χ0n) is 12.4. The van der Waals surface area contributed by atoms with E-state index >= 15 is 0 Å². The van der Waals surface area contributed by atoms with E-state index in [1.807, 2.05) is 17.5 Å². The number of aromatic nitrogens is 4. The van der Waals surface area contributed by atoms with Gasteiger partial charge in [0.2, 0.25) is 11.7 Å². The molecule has 0 bridgehead atoms. The minimum absolute atomic E-state index is 0.181. The van der Waals surface area contributed by atoms with E-state index in [2.05, 4.69) is 25.5 Å². The van der Waals surface area contributed by atoms with Crippen LogP contribution in [0.5, 0.6) is 5.75 Å². The first-order valence-corrected chi connectivity index (χ1v) is 7.74. The van der Waals surface area contributed by atoms with Crippen LogP contribution in [-0.2, 0) is 11.3 Å². The largest absolute Gasteiger partial charge is 0.573 e. The lowest BCUT2D eigenvalue weighted by atomic mass is 10.3. The van der Waals surface area contributed by atoms with Crippen LogP contribution in [0.25, 0.3) is 10.7 Å². The van der Waals surface area contributed by atoms with Crippen LogP contribution >= 0.6 is 11.3 Å². The van der Waals surface area contributed by atoms with Crippen molar-refractivity contribution in [2.24, 2.45) is 0 Å². The van der Waals surface area contributed by atoms with E-state index in [0.29, 0.717) is 11.5 Å². The third kappa shape index (κ3) is 4.76. The van der Waals surface area contributed by atoms with Crippen LogP contribution < -0.4 is 10.1 Å². The molecule has 0 radical (unpaired) electrons. The predicted octanol–water partition coefficient (Wildman–Crippen LogP) is 2.94. The highest BCUT2D eigenvalue weighted by atomic mass is 32.1. The lowest BCUT2D eigenvalue weighted by molar-refractivity contribution is -0.274. The Morgan fingerprint density at radius 1 is 1.24 bits per heavy atom. The fourth-order valence-electron chi connectivity index (χ4n) is 1.88. The van der Waals surface area contributed by atoms with Gasteiger partial charge in [-0.05, 0) is 40.9 Å². The van der Waals surface area contributed by atoms with Crippen LogP contribution in [0.2, 0.25) is 0 Å². The van der Waals surface area contributed by atoms with Crippen molar-refractivity contribution in [2.45, 2.75) is 12.9 Å². The molecule has 2 heterocycles. The molecule has 0 unspecified atom stereocenters. The Morgan fingerprint density at radius 3 is 2.64 bits per heavy atom. The van der Waals surface area contributed by atoms with Crippen molar-refractivity contribution < 1.29 is 22.7 Å². The molecule has 25 heavy (non-hydrogen) atoms. The summed E-state index contributed by atoms with van der Waals surface area (Å²) >= 11 is 1.45. The van der Waals surface area contributed by atoms with Gasteiger partial charge in [-0.2, -0.15) is 4.80 Å². The summed E-state index contributed by atoms with van der Waals surface area (Å²) in [5, 5.41) is 16.1. The molecule has 0 atom stereocenters. The molecule has 3 aromatic rings. The fourth-order valence-corrected chi connectivity index (χ4v) is 2.53. The molecule has 0 fully saturated rings. The Kier molecular flexibility index (Phi) is 4.65. The second kappa shape index (κ2) is 6.89. The van der Waals surface area contributed by atoms with Crippen molar-refractivity contribution in [3.8, 4) is 16.5 Å². The van der Waals surface area contributed by atoms with Gasteiger partial charge in [0.05, 0.1) is 4.88 Å². The summed E-state index contributed by atoms with van der Waals surface area (Å²) in [5.74, 6) is -0.403. The molecule has 2 aromatic heterocycles. The number of carbonyl (C=O) groups is 1. The Balaban J connectivity index is 1.57. The van der Waals surface area contributed by atoms with Gasteiger partial charge in [0.25, 0.3) is 0 Å². The first-order chi connectivity index (χ1) is 11.9. The van der Waals surface area contributed by atoms with Crippen molar-refractivity contribution in [3.05, 3.63) is 41.8 Å². The number of halogens is 3. The van der Waals surface area contributed by atoms with Gasteiger partial charge in [-0.1, -0.05) is 6.07 Å². The van der Waals surface area contributed by atoms with Gasteiger partial charge in [-0.25, -0.2) is 0 Å². The topological polar surface area (TPSA) is 81.9 Å². The quantitative estimate of drug-likeness (QED) is 0.748. The second-order valence-corrected chi connectivity index (χ2v) is 5.69. The van der Waals surface area contributed by atoms with E-state index in [4.69, 9.17) is 0 Å². The molecule has 1 amide bonds. The molecular weight excluding hydrogens is 359 g/mol. The average molecular weight is 369 g/mol. The molecule has 0 aliphatic rings. The Morgan fingerprint density at radius 2 is 2.00 bits per heavy atom. The number of alkyl halides is 3. The zero-order chi connectivity index (χ0) is 17.9. The number of ether oxygens (including phenoxy) is 1. The highest BCUT2D eigenvalue weighted by Gasteiger charge is 2.30. The molecular formula is C14H10F3N5O2S. The number of tetrazole rings is 1. The number of amides is 1. The first-order valence-electron chi connectivity index (χ1n) is 6.86. The van der Waals surface area contributed by atoms with Gasteiger partial charge in [-0.3, -0.25) is 4.79 Å². The lowest BCUT2D eigenvalue weighted by Gasteiger charge is -2.09. The van der Waals surface area contributed by atoms with E-state index in [1.54, 1.807) is 0 Å². The minimum Gasteiger partial charge on any atom is -0.406 e. The summed E-state index contributed by atoms with van der Waals surface area (Å²) in [6.45, 7) is -0.181. The molecule has 0 aliphatic heterocycles. The number of anilines is 1. The van der Waals surface area contributed by atoms with Crippen LogP contribution in [-0.4, -0.2) is 32.5 Å². The van der Waals surface area contributed by atoms with Crippen LogP contribution in [0.3, 0.4) is 0 Å². The standard InChI is InChI=1S/C14H10F3N5O2S/c15-14(16,17)24-10-5-3-9(4-6-10)18-12(23)8-22-20-13(19-21-22)11-2-1-7-25-11/h1-7H,8H2,(H,18,23). The van der Waals surface area contributed by atoms with Crippen LogP contribution in [0, 0.1) is 0 Å². The third-order valence-corrected chi connectivity index (χ3v) is 3.72. The molecule has 0 saturated carbocycles. The first kappa shape index (κ1) is 16.9. The van der Waals surface area contributed by atoms with Crippen LogP contribution in [0.4, 0.5) is 18.9 Å². The number of thiophene rings is 1. The van der Waals surface area contributed by atoms with Gasteiger partial charge >= 0.3 is 6.36 Å². The van der Waals surface area contributed by atoms with E-state index in [9.17, 15) is 18.0 Å². The fraction of sp³-hybridized carbons (Fsp3) is 0.143. The van der Waals surface area contributed by atoms with Crippen molar-refractivity contribution in [2.75, 3.05) is 5.32 Å². The molecule has 130 valence electrons. The normalized spacial score (nSPS) is 11.3. The molecule has 0 spiro atoms. The van der Waals surface area contributed by atoms with Crippen molar-refractivity contribution in [1.82, 2.24) is 20.2 Å². The third-order valence-electron chi connectivity index (χ3n) is 2.85. The summed E-state index contributed by atoms with van der Waals surface area (Å²) in [5.41, 5.74) is 0.318. The van der Waals surface area contributed by atoms with Crippen molar-refractivity contribution in [3.63, 3.8) is 0 Å². The highest BCUT2D eigenvalue weighted by molar-refractivity contribution is 7.13. The van der Waals surface area contributed by atoms with E-state index in [1.165, 1.54) is 23.5 Å². The molecule has 1 aromatic carbocycles. The Hall–Kier alpha value is -2.95. The maximum absolute atomic E-state index is 12.1. The zero-order valence-corrected chi connectivity index (χ0v) is 13.2. The molecule has 1 N–H and O–H groups in total. The number of benzene rings is 1. The molecule has 11 heteroatoms. The average Bonchev–Trinajstić information content (AvgIpc) is 3.18. The van der Waals surface area contributed by atoms with Crippen LogP contribution in [0.1, 0.15) is 0 Å². The number of hydrogen-bond acceptors (Lipinski definition) is 6. The molecule has 0 saturated heterocycles. The number of carbonyl (C=O) groups excluding carboxylic acids is 1. The maximum Gasteiger partial charge on any atom is 0.573 e. The van der Waals surface area contributed by atoms with Crippen molar-refractivity contribution >= 4 is 22.9 Å². The number of nitrogens with zero attached hydrogens (tertiary/aromatic N) is 4. The summed E-state index contributed by atoms with van der Waals surface area (Å²) in [6, 6.07) is 8.48. The Bertz CT molecular complexity index is 846. The lowest BCUT2D eigenvalue weighted by Crippen LogP contribution is -2.20. The molecule has 7 nitrogen and oxygen atoms in total. The van der Waals surface area contributed by atoms with Gasteiger partial charge in [0.15, 0.2) is 0 Å². The van der Waals surface area contributed by atoms with Crippen molar-refractivity contribution in [1.29, 1.82) is 0 Å². The number of nitrogens with one attached hydrogen (secondary N) is 1. The smallest absolute Gasteiger partial charge is 0.406 e.